The molecule has 0 amide bonds. The van der Waals surface area contributed by atoms with Crippen molar-refractivity contribution >= 4 is 0 Å². The maximum Gasteiger partial charge on any atom is 0.0601 e. The van der Waals surface area contributed by atoms with E-state index in [1.165, 1.54) is 19.4 Å². The van der Waals surface area contributed by atoms with Gasteiger partial charge >= 0.3 is 0 Å². The summed E-state index contributed by atoms with van der Waals surface area (Å²) in [4.78, 5) is 2.36. The third-order valence-corrected chi connectivity index (χ3v) is 2.62. The maximum atomic E-state index is 5.97. The Kier molecular flexibility index (Phi) is 2.69. The molecule has 0 radical (unpaired) electrons. The normalized spacial score (nSPS) is 35.1. The van der Waals surface area contributed by atoms with Gasteiger partial charge < -0.3 is 5.73 Å². The van der Waals surface area contributed by atoms with Crippen LogP contribution in [-0.4, -0.2) is 24.2 Å². The maximum absolute atomic E-state index is 5.97. The van der Waals surface area contributed by atoms with E-state index in [-0.39, 0.29) is 0 Å². The van der Waals surface area contributed by atoms with Crippen molar-refractivity contribution in [3.8, 4) is 0 Å². The lowest BCUT2D eigenvalue weighted by Gasteiger charge is -2.21. The number of rotatable bonds is 2. The first kappa shape index (κ1) is 8.02. The summed E-state index contributed by atoms with van der Waals surface area (Å²) in [6.45, 7) is 6.72. The molecule has 0 aromatic carbocycles. The fourth-order valence-corrected chi connectivity index (χ4v) is 1.76. The lowest BCUT2D eigenvalue weighted by molar-refractivity contribution is 0.240. The van der Waals surface area contributed by atoms with E-state index < -0.39 is 0 Å². The standard InChI is InChI=1S/C8H18N2/c1-3-7-5-6-10(4-2)8(7)9/h7-8H,3-6,9H2,1-2H3. The number of nitrogens with two attached hydrogens (primary N) is 1. The number of nitrogens with zero attached hydrogens (tertiary/aromatic N) is 1. The van der Waals surface area contributed by atoms with Gasteiger partial charge in [-0.2, -0.15) is 0 Å². The highest BCUT2D eigenvalue weighted by Gasteiger charge is 2.27. The van der Waals surface area contributed by atoms with E-state index in [0.717, 1.165) is 12.5 Å². The Morgan fingerprint density at radius 2 is 2.20 bits per heavy atom. The van der Waals surface area contributed by atoms with E-state index in [0.29, 0.717) is 6.17 Å². The fraction of sp³-hybridized carbons (Fsp3) is 1.00. The molecule has 0 aliphatic carbocycles. The van der Waals surface area contributed by atoms with Crippen molar-refractivity contribution < 1.29 is 0 Å². The molecular weight excluding hydrogens is 124 g/mol. The van der Waals surface area contributed by atoms with Gasteiger partial charge in [0.05, 0.1) is 6.17 Å². The lowest BCUT2D eigenvalue weighted by Crippen LogP contribution is -2.39. The van der Waals surface area contributed by atoms with Crippen molar-refractivity contribution in [3.63, 3.8) is 0 Å². The highest BCUT2D eigenvalue weighted by molar-refractivity contribution is 4.80. The molecule has 0 saturated carbocycles. The van der Waals surface area contributed by atoms with Crippen LogP contribution in [0.3, 0.4) is 0 Å². The summed E-state index contributed by atoms with van der Waals surface area (Å²) in [5.74, 6) is 0.750. The van der Waals surface area contributed by atoms with Crippen molar-refractivity contribution in [2.24, 2.45) is 11.7 Å². The number of hydrogen-bond acceptors (Lipinski definition) is 2. The van der Waals surface area contributed by atoms with Gasteiger partial charge in [0.2, 0.25) is 0 Å². The van der Waals surface area contributed by atoms with Gasteiger partial charge in [0.1, 0.15) is 0 Å². The Balaban J connectivity index is 2.41. The molecule has 1 aliphatic rings. The topological polar surface area (TPSA) is 29.3 Å². The smallest absolute Gasteiger partial charge is 0.0601 e. The molecule has 1 fully saturated rings. The van der Waals surface area contributed by atoms with Crippen molar-refractivity contribution in [2.45, 2.75) is 32.9 Å². The molecule has 1 heterocycles. The molecule has 1 saturated heterocycles. The molecule has 2 unspecified atom stereocenters. The zero-order chi connectivity index (χ0) is 7.56. The minimum Gasteiger partial charge on any atom is -0.315 e. The molecule has 0 aromatic rings. The van der Waals surface area contributed by atoms with Crippen LogP contribution in [0.2, 0.25) is 0 Å². The molecule has 0 bridgehead atoms. The Labute approximate surface area is 63.4 Å². The zero-order valence-corrected chi connectivity index (χ0v) is 7.01. The van der Waals surface area contributed by atoms with Crippen LogP contribution < -0.4 is 5.73 Å². The summed E-state index contributed by atoms with van der Waals surface area (Å²) in [5.41, 5.74) is 5.97. The number of hydrogen-bond donors (Lipinski definition) is 1. The summed E-state index contributed by atoms with van der Waals surface area (Å²) in [6.07, 6.45) is 2.87. The van der Waals surface area contributed by atoms with Crippen LogP contribution in [0.5, 0.6) is 0 Å². The molecule has 60 valence electrons. The Morgan fingerprint density at radius 1 is 1.50 bits per heavy atom. The second-order valence-corrected chi connectivity index (χ2v) is 3.08. The first-order valence-corrected chi connectivity index (χ1v) is 4.29. The minimum absolute atomic E-state index is 0.343. The SMILES string of the molecule is CCC1CCN(CC)C1N. The molecule has 1 aliphatic heterocycles. The average Bonchev–Trinajstić information content (AvgIpc) is 2.30. The average molecular weight is 142 g/mol. The van der Waals surface area contributed by atoms with Crippen LogP contribution in [0, 0.1) is 5.92 Å². The molecule has 2 N–H and O–H groups in total. The van der Waals surface area contributed by atoms with Crippen LogP contribution in [0.4, 0.5) is 0 Å². The molecule has 2 heteroatoms. The summed E-state index contributed by atoms with van der Waals surface area (Å²) in [5, 5.41) is 0. The molecule has 10 heavy (non-hydrogen) atoms. The van der Waals surface area contributed by atoms with Gasteiger partial charge in [0.15, 0.2) is 0 Å². The molecule has 0 spiro atoms. The third-order valence-electron chi connectivity index (χ3n) is 2.62. The van der Waals surface area contributed by atoms with Crippen LogP contribution in [0.1, 0.15) is 26.7 Å². The predicted molar refractivity (Wildman–Crippen MR) is 43.6 cm³/mol. The van der Waals surface area contributed by atoms with Gasteiger partial charge in [0.25, 0.3) is 0 Å². The van der Waals surface area contributed by atoms with E-state index >= 15 is 0 Å². The summed E-state index contributed by atoms with van der Waals surface area (Å²) < 4.78 is 0. The summed E-state index contributed by atoms with van der Waals surface area (Å²) >= 11 is 0. The van der Waals surface area contributed by atoms with Gasteiger partial charge in [0, 0.05) is 0 Å². The largest absolute Gasteiger partial charge is 0.315 e. The molecule has 1 rings (SSSR count). The fourth-order valence-electron chi connectivity index (χ4n) is 1.76. The summed E-state index contributed by atoms with van der Waals surface area (Å²) in [7, 11) is 0. The molecular formula is C8H18N2. The van der Waals surface area contributed by atoms with E-state index in [9.17, 15) is 0 Å². The second kappa shape index (κ2) is 3.35. The van der Waals surface area contributed by atoms with E-state index in [4.69, 9.17) is 5.73 Å². The van der Waals surface area contributed by atoms with E-state index in [1.807, 2.05) is 0 Å². The Hall–Kier alpha value is -0.0800. The second-order valence-electron chi connectivity index (χ2n) is 3.08. The highest BCUT2D eigenvalue weighted by atomic mass is 15.2. The van der Waals surface area contributed by atoms with Gasteiger partial charge in [-0.3, -0.25) is 4.90 Å². The minimum atomic E-state index is 0.343. The van der Waals surface area contributed by atoms with Crippen molar-refractivity contribution in [1.29, 1.82) is 0 Å². The number of likely N-dealkylation sites (tertiary alicyclic amines) is 1. The van der Waals surface area contributed by atoms with Gasteiger partial charge in [-0.15, -0.1) is 0 Å². The highest BCUT2D eigenvalue weighted by Crippen LogP contribution is 2.22. The van der Waals surface area contributed by atoms with Gasteiger partial charge in [-0.1, -0.05) is 20.3 Å². The Bertz CT molecular complexity index is 91.4. The quantitative estimate of drug-likeness (QED) is 0.624. The van der Waals surface area contributed by atoms with E-state index in [2.05, 4.69) is 18.7 Å². The molecule has 2 atom stereocenters. The molecule has 0 aromatic heterocycles. The molecule has 2 nitrogen and oxygen atoms in total. The van der Waals surface area contributed by atoms with Gasteiger partial charge in [-0.25, -0.2) is 0 Å². The van der Waals surface area contributed by atoms with Crippen molar-refractivity contribution in [1.82, 2.24) is 4.90 Å². The van der Waals surface area contributed by atoms with Crippen molar-refractivity contribution in [2.75, 3.05) is 13.1 Å². The van der Waals surface area contributed by atoms with Crippen LogP contribution >= 0.6 is 0 Å². The summed E-state index contributed by atoms with van der Waals surface area (Å²) in [6, 6.07) is 0. The van der Waals surface area contributed by atoms with Crippen LogP contribution in [-0.2, 0) is 0 Å². The van der Waals surface area contributed by atoms with Gasteiger partial charge in [-0.05, 0) is 25.4 Å². The Morgan fingerprint density at radius 3 is 2.50 bits per heavy atom. The first-order valence-electron chi connectivity index (χ1n) is 4.29. The predicted octanol–water partition coefficient (Wildman–Crippen LogP) is 1.02. The monoisotopic (exact) mass is 142 g/mol. The van der Waals surface area contributed by atoms with E-state index in [1.54, 1.807) is 0 Å². The van der Waals surface area contributed by atoms with Crippen molar-refractivity contribution in [3.05, 3.63) is 0 Å². The zero-order valence-electron chi connectivity index (χ0n) is 7.01. The first-order chi connectivity index (χ1) is 4.79. The van der Waals surface area contributed by atoms with Crippen LogP contribution in [0.15, 0.2) is 0 Å². The third kappa shape index (κ3) is 1.32. The van der Waals surface area contributed by atoms with Crippen LogP contribution in [0.25, 0.3) is 0 Å². The lowest BCUT2D eigenvalue weighted by atomic mass is 10.0.